The first-order valence-electron chi connectivity index (χ1n) is 9.64. The molecule has 2 heterocycles. The van der Waals surface area contributed by atoms with Crippen molar-refractivity contribution in [2.75, 3.05) is 27.3 Å². The van der Waals surface area contributed by atoms with E-state index < -0.39 is 0 Å². The maximum atomic E-state index is 12.6. The maximum Gasteiger partial charge on any atom is 0.251 e. The average Bonchev–Trinajstić information content (AvgIpc) is 2.72. The van der Waals surface area contributed by atoms with Crippen LogP contribution in [0.1, 0.15) is 40.4 Å². The summed E-state index contributed by atoms with van der Waals surface area (Å²) >= 11 is 6.02. The fourth-order valence-electron chi connectivity index (χ4n) is 4.36. The molecule has 2 atom stereocenters. The summed E-state index contributed by atoms with van der Waals surface area (Å²) in [6, 6.07) is 11.7. The number of fused-ring (bicyclic) bond motifs is 3. The van der Waals surface area contributed by atoms with Gasteiger partial charge in [-0.25, -0.2) is 0 Å². The Morgan fingerprint density at radius 1 is 1.14 bits per heavy atom. The smallest absolute Gasteiger partial charge is 0.251 e. The first kappa shape index (κ1) is 19.1. The molecule has 1 fully saturated rings. The van der Waals surface area contributed by atoms with Gasteiger partial charge in [-0.3, -0.25) is 9.69 Å². The van der Waals surface area contributed by atoms with E-state index in [0.717, 1.165) is 43.9 Å². The molecule has 6 heteroatoms. The van der Waals surface area contributed by atoms with Crippen LogP contribution in [0.5, 0.6) is 11.5 Å². The van der Waals surface area contributed by atoms with E-state index in [1.165, 1.54) is 11.1 Å². The molecule has 0 aliphatic carbocycles. The van der Waals surface area contributed by atoms with E-state index in [1.54, 1.807) is 38.5 Å². The SMILES string of the molecule is COc1cc2c(cc1OC)C1CC(NC(=O)c3cccc(Cl)c3)CCN1CC2. The zero-order chi connectivity index (χ0) is 19.7. The van der Waals surface area contributed by atoms with E-state index in [4.69, 9.17) is 21.1 Å². The number of rotatable bonds is 4. The van der Waals surface area contributed by atoms with Crippen LogP contribution >= 0.6 is 11.6 Å². The number of carbonyl (C=O) groups is 1. The van der Waals surface area contributed by atoms with Crippen LogP contribution in [0.2, 0.25) is 5.02 Å². The highest BCUT2D eigenvalue weighted by atomic mass is 35.5. The number of halogens is 1. The molecule has 4 rings (SSSR count). The first-order chi connectivity index (χ1) is 13.6. The average molecular weight is 401 g/mol. The van der Waals surface area contributed by atoms with Gasteiger partial charge in [0.25, 0.3) is 5.91 Å². The molecule has 2 unspecified atom stereocenters. The molecular formula is C22H25ClN2O3. The van der Waals surface area contributed by atoms with Gasteiger partial charge in [0.1, 0.15) is 0 Å². The Kier molecular flexibility index (Phi) is 5.47. The predicted octanol–water partition coefficient (Wildman–Crippen LogP) is 3.85. The Balaban J connectivity index is 1.53. The monoisotopic (exact) mass is 400 g/mol. The Bertz CT molecular complexity index is 886. The van der Waals surface area contributed by atoms with E-state index in [-0.39, 0.29) is 18.0 Å². The van der Waals surface area contributed by atoms with Gasteiger partial charge in [0.15, 0.2) is 11.5 Å². The third-order valence-corrected chi connectivity index (χ3v) is 6.04. The van der Waals surface area contributed by atoms with E-state index >= 15 is 0 Å². The Morgan fingerprint density at radius 2 is 1.93 bits per heavy atom. The summed E-state index contributed by atoms with van der Waals surface area (Å²) in [5.41, 5.74) is 3.19. The van der Waals surface area contributed by atoms with Gasteiger partial charge in [0.2, 0.25) is 0 Å². The molecule has 1 amide bonds. The zero-order valence-electron chi connectivity index (χ0n) is 16.2. The van der Waals surface area contributed by atoms with Gasteiger partial charge < -0.3 is 14.8 Å². The molecule has 0 spiro atoms. The van der Waals surface area contributed by atoms with Crippen molar-refractivity contribution in [1.82, 2.24) is 10.2 Å². The highest BCUT2D eigenvalue weighted by Crippen LogP contribution is 2.41. The van der Waals surface area contributed by atoms with Crippen LogP contribution in [-0.2, 0) is 6.42 Å². The summed E-state index contributed by atoms with van der Waals surface area (Å²) in [4.78, 5) is 15.1. The first-order valence-corrected chi connectivity index (χ1v) is 10.0. The zero-order valence-corrected chi connectivity index (χ0v) is 17.0. The van der Waals surface area contributed by atoms with Crippen LogP contribution in [0, 0.1) is 0 Å². The van der Waals surface area contributed by atoms with Gasteiger partial charge in [-0.05, 0) is 60.7 Å². The molecule has 2 aliphatic rings. The highest BCUT2D eigenvalue weighted by Gasteiger charge is 2.35. The van der Waals surface area contributed by atoms with Crippen LogP contribution in [0.15, 0.2) is 36.4 Å². The standard InChI is InChI=1S/C22H25ClN2O3/c1-27-20-11-14-6-8-25-9-7-17(12-19(25)18(14)13-21(20)28-2)24-22(26)15-4-3-5-16(23)10-15/h3-5,10-11,13,17,19H,6-9,12H2,1-2H3,(H,24,26). The van der Waals surface area contributed by atoms with E-state index in [1.807, 2.05) is 0 Å². The van der Waals surface area contributed by atoms with Crippen molar-refractivity contribution in [1.29, 1.82) is 0 Å². The normalized spacial score (nSPS) is 21.4. The predicted molar refractivity (Wildman–Crippen MR) is 110 cm³/mol. The van der Waals surface area contributed by atoms with Gasteiger partial charge in [0, 0.05) is 35.8 Å². The van der Waals surface area contributed by atoms with Gasteiger partial charge in [-0.15, -0.1) is 0 Å². The van der Waals surface area contributed by atoms with Crippen molar-refractivity contribution in [2.45, 2.75) is 31.3 Å². The van der Waals surface area contributed by atoms with Crippen molar-refractivity contribution in [3.63, 3.8) is 0 Å². The Labute approximate surface area is 170 Å². The third-order valence-electron chi connectivity index (χ3n) is 5.81. The summed E-state index contributed by atoms with van der Waals surface area (Å²) < 4.78 is 11.0. The second kappa shape index (κ2) is 8.02. The summed E-state index contributed by atoms with van der Waals surface area (Å²) in [6.07, 6.45) is 2.84. The maximum absolute atomic E-state index is 12.6. The molecule has 148 valence electrons. The number of ether oxygens (including phenoxy) is 2. The van der Waals surface area contributed by atoms with Crippen molar-refractivity contribution < 1.29 is 14.3 Å². The molecule has 28 heavy (non-hydrogen) atoms. The number of methoxy groups -OCH3 is 2. The second-order valence-corrected chi connectivity index (χ2v) is 7.85. The summed E-state index contributed by atoms with van der Waals surface area (Å²) in [7, 11) is 3.33. The van der Waals surface area contributed by atoms with E-state index in [2.05, 4.69) is 22.3 Å². The molecule has 1 saturated heterocycles. The van der Waals surface area contributed by atoms with E-state index in [0.29, 0.717) is 10.6 Å². The summed E-state index contributed by atoms with van der Waals surface area (Å²) in [6.45, 7) is 2.00. The lowest BCUT2D eigenvalue weighted by molar-refractivity contribution is 0.0843. The lowest BCUT2D eigenvalue weighted by Gasteiger charge is -2.43. The number of nitrogens with one attached hydrogen (secondary N) is 1. The van der Waals surface area contributed by atoms with E-state index in [9.17, 15) is 4.79 Å². The largest absolute Gasteiger partial charge is 0.493 e. The molecule has 0 radical (unpaired) electrons. The lowest BCUT2D eigenvalue weighted by Crippen LogP contribution is -2.48. The van der Waals surface area contributed by atoms with Crippen LogP contribution < -0.4 is 14.8 Å². The molecule has 5 nitrogen and oxygen atoms in total. The highest BCUT2D eigenvalue weighted by molar-refractivity contribution is 6.30. The number of hydrogen-bond donors (Lipinski definition) is 1. The van der Waals surface area contributed by atoms with Gasteiger partial charge in [0.05, 0.1) is 14.2 Å². The summed E-state index contributed by atoms with van der Waals surface area (Å²) in [5.74, 6) is 1.47. The fraction of sp³-hybridized carbons (Fsp3) is 0.409. The number of carbonyl (C=O) groups excluding carboxylic acids is 1. The number of benzene rings is 2. The minimum Gasteiger partial charge on any atom is -0.493 e. The molecule has 0 saturated carbocycles. The fourth-order valence-corrected chi connectivity index (χ4v) is 4.55. The minimum absolute atomic E-state index is 0.0655. The quantitative estimate of drug-likeness (QED) is 0.846. The van der Waals surface area contributed by atoms with Crippen LogP contribution in [0.4, 0.5) is 0 Å². The van der Waals surface area contributed by atoms with Crippen molar-refractivity contribution in [2.24, 2.45) is 0 Å². The van der Waals surface area contributed by atoms with Crippen molar-refractivity contribution in [3.05, 3.63) is 58.1 Å². The van der Waals surface area contributed by atoms with Crippen molar-refractivity contribution >= 4 is 17.5 Å². The Hall–Kier alpha value is -2.24. The topological polar surface area (TPSA) is 50.8 Å². The van der Waals surface area contributed by atoms with Crippen LogP contribution in [-0.4, -0.2) is 44.2 Å². The van der Waals surface area contributed by atoms with Crippen molar-refractivity contribution in [3.8, 4) is 11.5 Å². The lowest BCUT2D eigenvalue weighted by atomic mass is 9.84. The molecule has 2 aromatic carbocycles. The number of amides is 1. The van der Waals surface area contributed by atoms with Gasteiger partial charge in [-0.2, -0.15) is 0 Å². The molecule has 0 aromatic heterocycles. The molecular weight excluding hydrogens is 376 g/mol. The van der Waals surface area contributed by atoms with Crippen LogP contribution in [0.25, 0.3) is 0 Å². The molecule has 1 N–H and O–H groups in total. The number of hydrogen-bond acceptors (Lipinski definition) is 4. The minimum atomic E-state index is -0.0655. The number of nitrogens with zero attached hydrogens (tertiary/aromatic N) is 1. The van der Waals surface area contributed by atoms with Gasteiger partial charge in [-0.1, -0.05) is 17.7 Å². The molecule has 0 bridgehead atoms. The van der Waals surface area contributed by atoms with Gasteiger partial charge >= 0.3 is 0 Å². The molecule has 2 aliphatic heterocycles. The molecule has 2 aromatic rings. The number of piperidine rings is 1. The summed E-state index contributed by atoms with van der Waals surface area (Å²) in [5, 5.41) is 3.77. The van der Waals surface area contributed by atoms with Crippen LogP contribution in [0.3, 0.4) is 0 Å². The third kappa shape index (κ3) is 3.69. The Morgan fingerprint density at radius 3 is 2.68 bits per heavy atom. The second-order valence-electron chi connectivity index (χ2n) is 7.41.